The quantitative estimate of drug-likeness (QED) is 0.756. The summed E-state index contributed by atoms with van der Waals surface area (Å²) in [5.74, 6) is 0. The van der Waals surface area contributed by atoms with Crippen molar-refractivity contribution in [2.75, 3.05) is 0 Å². The van der Waals surface area contributed by atoms with Gasteiger partial charge in [0.25, 0.3) is 0 Å². The van der Waals surface area contributed by atoms with Crippen LogP contribution in [0.25, 0.3) is 11.1 Å². The van der Waals surface area contributed by atoms with Crippen LogP contribution >= 0.6 is 0 Å². The van der Waals surface area contributed by atoms with Gasteiger partial charge in [-0.3, -0.25) is 0 Å². The molecule has 2 aromatic rings. The van der Waals surface area contributed by atoms with Crippen molar-refractivity contribution >= 4 is 0 Å². The Bertz CT molecular complexity index is 303. The molecule has 1 radical (unpaired) electrons. The van der Waals surface area contributed by atoms with Crippen molar-refractivity contribution in [3.8, 4) is 11.1 Å². The van der Waals surface area contributed by atoms with Crippen LogP contribution in [0.4, 0.5) is 0 Å². The molecule has 61 valence electrons. The SMILES string of the molecule is [La].c1ccc(-c2ccccc2)cc1. The zero-order valence-corrected chi connectivity index (χ0v) is 11.0. The normalized spacial score (nSPS) is 8.92. The van der Waals surface area contributed by atoms with Crippen LogP contribution in [0.5, 0.6) is 0 Å². The zero-order valence-electron chi connectivity index (χ0n) is 7.35. The van der Waals surface area contributed by atoms with E-state index in [1.54, 1.807) is 0 Å². The Hall–Kier alpha value is -0.365. The van der Waals surface area contributed by atoms with Crippen molar-refractivity contribution in [3.05, 3.63) is 60.7 Å². The van der Waals surface area contributed by atoms with Gasteiger partial charge < -0.3 is 0 Å². The van der Waals surface area contributed by atoms with Crippen LogP contribution < -0.4 is 0 Å². The molecule has 1 heteroatoms. The second-order valence-corrected chi connectivity index (χ2v) is 2.73. The van der Waals surface area contributed by atoms with Gasteiger partial charge in [-0.1, -0.05) is 60.7 Å². The van der Waals surface area contributed by atoms with E-state index in [9.17, 15) is 0 Å². The van der Waals surface area contributed by atoms with Crippen LogP contribution in [0.3, 0.4) is 0 Å². The minimum Gasteiger partial charge on any atom is -0.0622 e. The fraction of sp³-hybridized carbons (Fsp3) is 0. The average Bonchev–Trinajstić information content (AvgIpc) is 2.21. The monoisotopic (exact) mass is 293 g/mol. The van der Waals surface area contributed by atoms with Gasteiger partial charge in [-0.05, 0) is 11.1 Å². The zero-order chi connectivity index (χ0) is 8.23. The molecular formula is C12H10La. The first kappa shape index (κ1) is 10.7. The number of hydrogen-bond acceptors (Lipinski definition) is 0. The summed E-state index contributed by atoms with van der Waals surface area (Å²) in [5.41, 5.74) is 2.55. The summed E-state index contributed by atoms with van der Waals surface area (Å²) in [4.78, 5) is 0. The molecule has 2 aromatic carbocycles. The van der Waals surface area contributed by atoms with Crippen LogP contribution in [0.2, 0.25) is 0 Å². The number of benzene rings is 2. The molecule has 0 amide bonds. The molecule has 0 aliphatic carbocycles. The molecule has 0 aromatic heterocycles. The predicted molar refractivity (Wildman–Crippen MR) is 51.9 cm³/mol. The molecule has 13 heavy (non-hydrogen) atoms. The third kappa shape index (κ3) is 2.80. The maximum absolute atomic E-state index is 2.12. The summed E-state index contributed by atoms with van der Waals surface area (Å²) in [7, 11) is 0. The molecule has 0 nitrogen and oxygen atoms in total. The first-order chi connectivity index (χ1) is 5.97. The van der Waals surface area contributed by atoms with Crippen molar-refractivity contribution in [1.29, 1.82) is 0 Å². The molecule has 0 saturated heterocycles. The van der Waals surface area contributed by atoms with Gasteiger partial charge in [-0.2, -0.15) is 0 Å². The predicted octanol–water partition coefficient (Wildman–Crippen LogP) is 3.35. The standard InChI is InChI=1S/C12H10.La/c1-3-7-11(8-4-1)12-9-5-2-6-10-12;/h1-10H;. The van der Waals surface area contributed by atoms with E-state index in [0.29, 0.717) is 0 Å². The van der Waals surface area contributed by atoms with Crippen LogP contribution in [-0.2, 0) is 0 Å². The summed E-state index contributed by atoms with van der Waals surface area (Å²) in [6.07, 6.45) is 0. The van der Waals surface area contributed by atoms with E-state index >= 15 is 0 Å². The van der Waals surface area contributed by atoms with Crippen LogP contribution in [0, 0.1) is 35.6 Å². The van der Waals surface area contributed by atoms with Crippen molar-refractivity contribution in [2.24, 2.45) is 0 Å². The van der Waals surface area contributed by atoms with E-state index < -0.39 is 0 Å². The molecular weight excluding hydrogens is 283 g/mol. The molecule has 0 heterocycles. The van der Waals surface area contributed by atoms with Gasteiger partial charge in [-0.25, -0.2) is 0 Å². The largest absolute Gasteiger partial charge is 0.0622 e. The van der Waals surface area contributed by atoms with E-state index in [2.05, 4.69) is 48.5 Å². The van der Waals surface area contributed by atoms with E-state index in [4.69, 9.17) is 0 Å². The summed E-state index contributed by atoms with van der Waals surface area (Å²) in [6, 6.07) is 20.8. The third-order valence-corrected chi connectivity index (χ3v) is 1.88. The molecule has 0 saturated carbocycles. The first-order valence-electron chi connectivity index (χ1n) is 4.07. The minimum absolute atomic E-state index is 0. The fourth-order valence-corrected chi connectivity index (χ4v) is 1.26. The maximum atomic E-state index is 2.12. The number of hydrogen-bond donors (Lipinski definition) is 0. The van der Waals surface area contributed by atoms with Gasteiger partial charge in [-0.15, -0.1) is 0 Å². The Morgan fingerprint density at radius 2 is 0.769 bits per heavy atom. The van der Waals surface area contributed by atoms with Gasteiger partial charge in [0.05, 0.1) is 0 Å². The maximum Gasteiger partial charge on any atom is 0 e. The Kier molecular flexibility index (Phi) is 4.44. The van der Waals surface area contributed by atoms with Crippen molar-refractivity contribution < 1.29 is 35.6 Å². The van der Waals surface area contributed by atoms with Crippen LogP contribution in [0.1, 0.15) is 0 Å². The summed E-state index contributed by atoms with van der Waals surface area (Å²) in [6.45, 7) is 0. The van der Waals surface area contributed by atoms with Crippen LogP contribution in [-0.4, -0.2) is 0 Å². The smallest absolute Gasteiger partial charge is 0 e. The Labute approximate surface area is 107 Å². The van der Waals surface area contributed by atoms with E-state index in [1.807, 2.05) is 12.1 Å². The van der Waals surface area contributed by atoms with Crippen molar-refractivity contribution in [1.82, 2.24) is 0 Å². The van der Waals surface area contributed by atoms with Gasteiger partial charge in [0, 0.05) is 35.6 Å². The third-order valence-electron chi connectivity index (χ3n) is 1.88. The second kappa shape index (κ2) is 5.38. The average molecular weight is 293 g/mol. The van der Waals surface area contributed by atoms with Gasteiger partial charge in [0.2, 0.25) is 0 Å². The van der Waals surface area contributed by atoms with Crippen molar-refractivity contribution in [2.45, 2.75) is 0 Å². The fourth-order valence-electron chi connectivity index (χ4n) is 1.26. The molecule has 0 N–H and O–H groups in total. The molecule has 0 spiro atoms. The van der Waals surface area contributed by atoms with Crippen molar-refractivity contribution in [3.63, 3.8) is 0 Å². The van der Waals surface area contributed by atoms with Gasteiger partial charge >= 0.3 is 0 Å². The summed E-state index contributed by atoms with van der Waals surface area (Å²) >= 11 is 0. The Morgan fingerprint density at radius 3 is 1.08 bits per heavy atom. The van der Waals surface area contributed by atoms with Gasteiger partial charge in [0.1, 0.15) is 0 Å². The number of rotatable bonds is 1. The van der Waals surface area contributed by atoms with E-state index in [1.165, 1.54) is 11.1 Å². The molecule has 0 fully saturated rings. The first-order valence-corrected chi connectivity index (χ1v) is 4.07. The van der Waals surface area contributed by atoms with E-state index in [-0.39, 0.29) is 35.6 Å². The minimum atomic E-state index is 0. The Balaban J connectivity index is 0.000000845. The molecule has 0 bridgehead atoms. The molecule has 0 unspecified atom stereocenters. The molecule has 0 aliphatic rings. The van der Waals surface area contributed by atoms with Gasteiger partial charge in [0.15, 0.2) is 0 Å². The van der Waals surface area contributed by atoms with E-state index in [0.717, 1.165) is 0 Å². The summed E-state index contributed by atoms with van der Waals surface area (Å²) < 4.78 is 0. The second-order valence-electron chi connectivity index (χ2n) is 2.73. The molecule has 0 atom stereocenters. The topological polar surface area (TPSA) is 0 Å². The Morgan fingerprint density at radius 1 is 0.462 bits per heavy atom. The summed E-state index contributed by atoms with van der Waals surface area (Å²) in [5, 5.41) is 0. The molecule has 0 aliphatic heterocycles. The molecule has 2 rings (SSSR count). The van der Waals surface area contributed by atoms with Crippen LogP contribution in [0.15, 0.2) is 60.7 Å².